The Balaban J connectivity index is 2.99. The molecule has 0 aliphatic heterocycles. The summed E-state index contributed by atoms with van der Waals surface area (Å²) in [4.78, 5) is 12.1. The van der Waals surface area contributed by atoms with Gasteiger partial charge in [-0.1, -0.05) is 19.0 Å². The first kappa shape index (κ1) is 14.0. The molecule has 0 aliphatic carbocycles. The van der Waals surface area contributed by atoms with E-state index in [-0.39, 0.29) is 11.7 Å². The van der Waals surface area contributed by atoms with Crippen LogP contribution in [0.2, 0.25) is 0 Å². The van der Waals surface area contributed by atoms with Crippen LogP contribution in [-0.2, 0) is 7.05 Å². The molecule has 100 valence electrons. The van der Waals surface area contributed by atoms with Crippen LogP contribution in [0, 0.1) is 0 Å². The van der Waals surface area contributed by atoms with Crippen molar-refractivity contribution in [1.82, 2.24) is 15.1 Å². The molecule has 0 saturated heterocycles. The molecule has 1 aromatic heterocycles. The number of carbonyl (C=O) groups excluding carboxylic acids is 1. The summed E-state index contributed by atoms with van der Waals surface area (Å²) in [5.41, 5.74) is 5.26. The summed E-state index contributed by atoms with van der Waals surface area (Å²) in [7, 11) is 1.68. The van der Waals surface area contributed by atoms with Gasteiger partial charge in [-0.3, -0.25) is 9.48 Å². The molecule has 0 saturated carbocycles. The van der Waals surface area contributed by atoms with E-state index in [0.29, 0.717) is 18.5 Å². The number of hydrogen-bond donors (Lipinski definition) is 3. The molecule has 1 heterocycles. The molecule has 18 heavy (non-hydrogen) atoms. The zero-order valence-corrected chi connectivity index (χ0v) is 10.8. The topological polar surface area (TPSA) is 106 Å². The van der Waals surface area contributed by atoms with Crippen molar-refractivity contribution in [2.45, 2.75) is 32.2 Å². The molecule has 0 radical (unpaired) electrons. The monoisotopic (exact) mass is 253 g/mol. The van der Waals surface area contributed by atoms with Gasteiger partial charge in [0.25, 0.3) is 5.91 Å². The average Bonchev–Trinajstić information content (AvgIpc) is 2.81. The highest BCUT2D eigenvalue weighted by Crippen LogP contribution is 2.16. The first-order valence-electron chi connectivity index (χ1n) is 5.79. The Hall–Kier alpha value is -2.05. The minimum Gasteiger partial charge on any atom is -0.409 e. The van der Waals surface area contributed by atoms with Crippen molar-refractivity contribution < 1.29 is 10.0 Å². The number of amidine groups is 1. The first-order valence-corrected chi connectivity index (χ1v) is 5.79. The molecule has 1 rings (SSSR count). The Morgan fingerprint density at radius 2 is 2.22 bits per heavy atom. The first-order chi connectivity index (χ1) is 8.50. The van der Waals surface area contributed by atoms with E-state index in [9.17, 15) is 4.79 Å². The number of carbonyl (C=O) groups is 1. The number of aryl methyl sites for hydroxylation is 1. The molecule has 0 aromatic carbocycles. The second kappa shape index (κ2) is 5.52. The zero-order chi connectivity index (χ0) is 13.8. The SMILES string of the molecule is CCC(CC)(NC(=O)c1ccnn1C)C(N)=NO. The van der Waals surface area contributed by atoms with Crippen LogP contribution in [0.25, 0.3) is 0 Å². The molecule has 0 bridgehead atoms. The number of amides is 1. The lowest BCUT2D eigenvalue weighted by Gasteiger charge is -2.31. The molecule has 0 fully saturated rings. The molecule has 0 spiro atoms. The quantitative estimate of drug-likeness (QED) is 0.306. The fourth-order valence-electron chi connectivity index (χ4n) is 1.83. The number of nitrogens with zero attached hydrogens (tertiary/aromatic N) is 3. The Morgan fingerprint density at radius 1 is 1.61 bits per heavy atom. The van der Waals surface area contributed by atoms with Gasteiger partial charge in [-0.15, -0.1) is 0 Å². The highest BCUT2D eigenvalue weighted by Gasteiger charge is 2.34. The lowest BCUT2D eigenvalue weighted by molar-refractivity contribution is 0.0908. The summed E-state index contributed by atoms with van der Waals surface area (Å²) in [6.45, 7) is 3.73. The van der Waals surface area contributed by atoms with Gasteiger partial charge in [0.15, 0.2) is 5.84 Å². The lowest BCUT2D eigenvalue weighted by atomic mass is 9.91. The second-order valence-electron chi connectivity index (χ2n) is 4.07. The maximum Gasteiger partial charge on any atom is 0.270 e. The summed E-state index contributed by atoms with van der Waals surface area (Å²) in [5, 5.41) is 18.6. The third-order valence-corrected chi connectivity index (χ3v) is 3.21. The van der Waals surface area contributed by atoms with Gasteiger partial charge in [-0.2, -0.15) is 5.10 Å². The summed E-state index contributed by atoms with van der Waals surface area (Å²) in [6, 6.07) is 1.61. The fourth-order valence-corrected chi connectivity index (χ4v) is 1.83. The second-order valence-corrected chi connectivity index (χ2v) is 4.07. The average molecular weight is 253 g/mol. The minimum absolute atomic E-state index is 0.00279. The number of nitrogens with one attached hydrogen (secondary N) is 1. The van der Waals surface area contributed by atoms with E-state index in [4.69, 9.17) is 10.9 Å². The van der Waals surface area contributed by atoms with Gasteiger partial charge in [-0.05, 0) is 18.9 Å². The van der Waals surface area contributed by atoms with E-state index in [1.807, 2.05) is 13.8 Å². The molecule has 1 amide bonds. The standard InChI is InChI=1S/C11H19N5O2/c1-4-11(5-2,10(12)15-18)14-9(17)8-6-7-13-16(8)3/h6-7,18H,4-5H2,1-3H3,(H2,12,15)(H,14,17). The van der Waals surface area contributed by atoms with E-state index in [1.165, 1.54) is 10.9 Å². The van der Waals surface area contributed by atoms with E-state index < -0.39 is 5.54 Å². The molecule has 0 atom stereocenters. The highest BCUT2D eigenvalue weighted by atomic mass is 16.4. The predicted molar refractivity (Wildman–Crippen MR) is 67.4 cm³/mol. The summed E-state index contributed by atoms with van der Waals surface area (Å²) >= 11 is 0. The maximum absolute atomic E-state index is 12.1. The van der Waals surface area contributed by atoms with Gasteiger partial charge < -0.3 is 16.3 Å². The van der Waals surface area contributed by atoms with Gasteiger partial charge in [0.2, 0.25) is 0 Å². The van der Waals surface area contributed by atoms with E-state index >= 15 is 0 Å². The van der Waals surface area contributed by atoms with Crippen molar-refractivity contribution in [2.24, 2.45) is 17.9 Å². The van der Waals surface area contributed by atoms with Gasteiger partial charge in [-0.25, -0.2) is 0 Å². The normalized spacial score (nSPS) is 12.5. The van der Waals surface area contributed by atoms with Crippen molar-refractivity contribution >= 4 is 11.7 Å². The van der Waals surface area contributed by atoms with E-state index in [1.54, 1.807) is 13.1 Å². The van der Waals surface area contributed by atoms with Crippen LogP contribution in [0.15, 0.2) is 17.4 Å². The van der Waals surface area contributed by atoms with Crippen LogP contribution in [-0.4, -0.2) is 32.3 Å². The molecular formula is C11H19N5O2. The van der Waals surface area contributed by atoms with Crippen LogP contribution in [0.5, 0.6) is 0 Å². The molecule has 0 aliphatic rings. The summed E-state index contributed by atoms with van der Waals surface area (Å²) in [5.74, 6) is -0.298. The van der Waals surface area contributed by atoms with Crippen molar-refractivity contribution in [3.8, 4) is 0 Å². The molecule has 7 nitrogen and oxygen atoms in total. The fraction of sp³-hybridized carbons (Fsp3) is 0.545. The van der Waals surface area contributed by atoms with Gasteiger partial charge >= 0.3 is 0 Å². The zero-order valence-electron chi connectivity index (χ0n) is 10.8. The van der Waals surface area contributed by atoms with Gasteiger partial charge in [0, 0.05) is 13.2 Å². The van der Waals surface area contributed by atoms with Crippen molar-refractivity contribution in [3.05, 3.63) is 18.0 Å². The van der Waals surface area contributed by atoms with E-state index in [2.05, 4.69) is 15.6 Å². The number of rotatable bonds is 5. The number of hydrogen-bond acceptors (Lipinski definition) is 4. The van der Waals surface area contributed by atoms with E-state index in [0.717, 1.165) is 0 Å². The smallest absolute Gasteiger partial charge is 0.270 e. The number of aromatic nitrogens is 2. The Kier molecular flexibility index (Phi) is 4.30. The largest absolute Gasteiger partial charge is 0.409 e. The lowest BCUT2D eigenvalue weighted by Crippen LogP contribution is -2.57. The van der Waals surface area contributed by atoms with Crippen LogP contribution in [0.4, 0.5) is 0 Å². The van der Waals surface area contributed by atoms with Gasteiger partial charge in [0.1, 0.15) is 11.2 Å². The third-order valence-electron chi connectivity index (χ3n) is 3.21. The van der Waals surface area contributed by atoms with Gasteiger partial charge in [0.05, 0.1) is 0 Å². The molecule has 0 unspecified atom stereocenters. The molecule has 1 aromatic rings. The highest BCUT2D eigenvalue weighted by molar-refractivity contribution is 5.99. The Bertz CT molecular complexity index is 448. The number of nitrogens with two attached hydrogens (primary N) is 1. The van der Waals surface area contributed by atoms with Crippen molar-refractivity contribution in [3.63, 3.8) is 0 Å². The van der Waals surface area contributed by atoms with Crippen LogP contribution >= 0.6 is 0 Å². The van der Waals surface area contributed by atoms with Crippen LogP contribution in [0.1, 0.15) is 37.2 Å². The molecular weight excluding hydrogens is 234 g/mol. The summed E-state index contributed by atoms with van der Waals surface area (Å²) < 4.78 is 1.47. The maximum atomic E-state index is 12.1. The van der Waals surface area contributed by atoms with Crippen molar-refractivity contribution in [2.75, 3.05) is 0 Å². The molecule has 7 heteroatoms. The predicted octanol–water partition coefficient (Wildman–Crippen LogP) is 0.455. The minimum atomic E-state index is -0.837. The molecule has 4 N–H and O–H groups in total. The summed E-state index contributed by atoms with van der Waals surface area (Å²) in [6.07, 6.45) is 2.60. The third kappa shape index (κ3) is 2.44. The Labute approximate surface area is 106 Å². The number of oxime groups is 1. The van der Waals surface area contributed by atoms with Crippen LogP contribution < -0.4 is 11.1 Å². The van der Waals surface area contributed by atoms with Crippen molar-refractivity contribution in [1.29, 1.82) is 0 Å². The van der Waals surface area contributed by atoms with Crippen LogP contribution in [0.3, 0.4) is 0 Å². The Morgan fingerprint density at radius 3 is 2.61 bits per heavy atom.